The number of aryl methyl sites for hydroxylation is 1. The van der Waals surface area contributed by atoms with Crippen molar-refractivity contribution in [3.05, 3.63) is 82.8 Å². The zero-order valence-corrected chi connectivity index (χ0v) is 20.0. The smallest absolute Gasteiger partial charge is 0.303 e. The van der Waals surface area contributed by atoms with E-state index in [9.17, 15) is 14.9 Å². The number of benzene rings is 2. The van der Waals surface area contributed by atoms with Crippen molar-refractivity contribution in [3.8, 4) is 17.3 Å². The number of carbonyl (C=O) groups excluding carboxylic acids is 1. The molecule has 2 aromatic carbocycles. The fourth-order valence-corrected chi connectivity index (χ4v) is 3.79. The van der Waals surface area contributed by atoms with Crippen molar-refractivity contribution in [2.45, 2.75) is 32.9 Å². The minimum absolute atomic E-state index is 0.0722. The molecule has 178 valence electrons. The minimum atomic E-state index is -0.745. The number of nitrogens with one attached hydrogen (secondary N) is 2. The van der Waals surface area contributed by atoms with Crippen LogP contribution in [0.5, 0.6) is 0 Å². The summed E-state index contributed by atoms with van der Waals surface area (Å²) in [6, 6.07) is 21.7. The third kappa shape index (κ3) is 6.40. The SMILES string of the molecule is CCC(=O)O.N#Cc1c(-c2ccccc2)n(CCC(=O)NCc2ccccc2)c2c(=S)nc[nH]c12. The molecule has 0 aliphatic rings. The molecular weight excluding hydrogens is 462 g/mol. The Kier molecular flexibility index (Phi) is 8.87. The Hall–Kier alpha value is -4.29. The summed E-state index contributed by atoms with van der Waals surface area (Å²) in [5, 5.41) is 20.5. The number of aromatic nitrogens is 3. The number of H-pyrrole nitrogens is 1. The fourth-order valence-electron chi connectivity index (χ4n) is 3.52. The molecule has 0 atom stereocenters. The van der Waals surface area contributed by atoms with Gasteiger partial charge in [0.05, 0.1) is 17.5 Å². The van der Waals surface area contributed by atoms with Crippen molar-refractivity contribution in [2.75, 3.05) is 0 Å². The van der Waals surface area contributed by atoms with E-state index >= 15 is 0 Å². The van der Waals surface area contributed by atoms with Gasteiger partial charge in [-0.15, -0.1) is 0 Å². The highest BCUT2D eigenvalue weighted by Gasteiger charge is 2.20. The number of hydrogen-bond donors (Lipinski definition) is 3. The van der Waals surface area contributed by atoms with E-state index in [4.69, 9.17) is 17.3 Å². The molecule has 4 aromatic rings. The van der Waals surface area contributed by atoms with Gasteiger partial charge in [-0.2, -0.15) is 5.26 Å². The largest absolute Gasteiger partial charge is 0.481 e. The molecule has 35 heavy (non-hydrogen) atoms. The first-order valence-electron chi connectivity index (χ1n) is 11.0. The van der Waals surface area contributed by atoms with Crippen molar-refractivity contribution in [3.63, 3.8) is 0 Å². The van der Waals surface area contributed by atoms with Crippen LogP contribution < -0.4 is 5.32 Å². The number of carbonyl (C=O) groups is 2. The maximum Gasteiger partial charge on any atom is 0.303 e. The van der Waals surface area contributed by atoms with Gasteiger partial charge in [-0.05, 0) is 11.1 Å². The van der Waals surface area contributed by atoms with Gasteiger partial charge >= 0.3 is 5.97 Å². The van der Waals surface area contributed by atoms with Gasteiger partial charge in [0.1, 0.15) is 17.1 Å². The molecule has 0 radical (unpaired) electrons. The first-order chi connectivity index (χ1) is 17.0. The standard InChI is InChI=1S/C23H19N5OS.C3H6O2/c24-13-18-20-22(23(30)27-15-26-20)28(21(18)17-9-5-2-6-10-17)12-11-19(29)25-14-16-7-3-1-4-8-16;1-2-3(4)5/h1-10,15H,11-12,14H2,(H,25,29)(H,26,27,30);2H2,1H3,(H,4,5). The van der Waals surface area contributed by atoms with Gasteiger partial charge in [-0.3, -0.25) is 9.59 Å². The van der Waals surface area contributed by atoms with Gasteiger partial charge in [-0.1, -0.05) is 79.8 Å². The Labute approximate surface area is 207 Å². The van der Waals surface area contributed by atoms with Crippen molar-refractivity contribution in [1.82, 2.24) is 19.9 Å². The summed E-state index contributed by atoms with van der Waals surface area (Å²) in [5.74, 6) is -0.818. The van der Waals surface area contributed by atoms with Gasteiger partial charge in [0.15, 0.2) is 4.64 Å². The Balaban J connectivity index is 0.000000623. The van der Waals surface area contributed by atoms with E-state index in [0.717, 1.165) is 16.8 Å². The summed E-state index contributed by atoms with van der Waals surface area (Å²) < 4.78 is 2.32. The monoisotopic (exact) mass is 487 g/mol. The predicted molar refractivity (Wildman–Crippen MR) is 136 cm³/mol. The number of fused-ring (bicyclic) bond motifs is 1. The summed E-state index contributed by atoms with van der Waals surface area (Å²) in [4.78, 5) is 29.1. The van der Waals surface area contributed by atoms with Crippen LogP contribution in [0.2, 0.25) is 0 Å². The van der Waals surface area contributed by atoms with E-state index in [0.29, 0.717) is 34.3 Å². The second-order valence-corrected chi connectivity index (χ2v) is 7.93. The Morgan fingerprint density at radius 1 is 1.14 bits per heavy atom. The zero-order chi connectivity index (χ0) is 25.2. The average Bonchev–Trinajstić information content (AvgIpc) is 3.22. The van der Waals surface area contributed by atoms with Gasteiger partial charge < -0.3 is 20.0 Å². The molecule has 8 nitrogen and oxygen atoms in total. The quantitative estimate of drug-likeness (QED) is 0.321. The molecule has 9 heteroatoms. The summed E-state index contributed by atoms with van der Waals surface area (Å²) >= 11 is 5.45. The highest BCUT2D eigenvalue weighted by molar-refractivity contribution is 7.71. The van der Waals surface area contributed by atoms with Crippen LogP contribution in [0.3, 0.4) is 0 Å². The number of nitrogens with zero attached hydrogens (tertiary/aromatic N) is 3. The summed E-state index contributed by atoms with van der Waals surface area (Å²) in [7, 11) is 0. The third-order valence-corrected chi connectivity index (χ3v) is 5.51. The first-order valence-corrected chi connectivity index (χ1v) is 11.4. The fraction of sp³-hybridized carbons (Fsp3) is 0.192. The number of aromatic amines is 1. The lowest BCUT2D eigenvalue weighted by atomic mass is 10.1. The number of carboxylic acids is 1. The molecule has 2 heterocycles. The first kappa shape index (κ1) is 25.3. The van der Waals surface area contributed by atoms with E-state index in [2.05, 4.69) is 21.4 Å². The number of rotatable bonds is 7. The molecule has 0 aliphatic carbocycles. The van der Waals surface area contributed by atoms with Gasteiger partial charge in [0.2, 0.25) is 5.91 Å². The highest BCUT2D eigenvalue weighted by Crippen LogP contribution is 2.32. The lowest BCUT2D eigenvalue weighted by molar-refractivity contribution is -0.136. The molecule has 0 fully saturated rings. The normalized spacial score (nSPS) is 10.2. The number of carboxylic acid groups (broad SMARTS) is 1. The predicted octanol–water partition coefficient (Wildman–Crippen LogP) is 4.82. The second-order valence-electron chi connectivity index (χ2n) is 7.54. The molecule has 0 bridgehead atoms. The second kappa shape index (κ2) is 12.3. The van der Waals surface area contributed by atoms with Crippen LogP contribution in [0.1, 0.15) is 30.9 Å². The Morgan fingerprint density at radius 2 is 1.77 bits per heavy atom. The van der Waals surface area contributed by atoms with Crippen LogP contribution in [0.25, 0.3) is 22.3 Å². The van der Waals surface area contributed by atoms with Crippen molar-refractivity contribution in [1.29, 1.82) is 5.26 Å². The van der Waals surface area contributed by atoms with Crippen molar-refractivity contribution < 1.29 is 14.7 Å². The van der Waals surface area contributed by atoms with Crippen LogP contribution >= 0.6 is 12.2 Å². The zero-order valence-electron chi connectivity index (χ0n) is 19.2. The van der Waals surface area contributed by atoms with Crippen LogP contribution in [0.4, 0.5) is 0 Å². The summed E-state index contributed by atoms with van der Waals surface area (Å²) in [6.45, 7) is 2.46. The maximum absolute atomic E-state index is 12.5. The molecule has 0 saturated heterocycles. The number of aliphatic carboxylic acids is 1. The molecule has 0 saturated carbocycles. The van der Waals surface area contributed by atoms with Crippen LogP contribution in [-0.4, -0.2) is 31.5 Å². The van der Waals surface area contributed by atoms with Crippen molar-refractivity contribution in [2.24, 2.45) is 0 Å². The van der Waals surface area contributed by atoms with Gasteiger partial charge in [-0.25, -0.2) is 4.98 Å². The highest BCUT2D eigenvalue weighted by atomic mass is 32.1. The number of hydrogen-bond acceptors (Lipinski definition) is 5. The van der Waals surface area contributed by atoms with E-state index in [1.807, 2.05) is 65.2 Å². The number of nitriles is 1. The van der Waals surface area contributed by atoms with E-state index in [-0.39, 0.29) is 18.7 Å². The van der Waals surface area contributed by atoms with Gasteiger partial charge in [0.25, 0.3) is 0 Å². The van der Waals surface area contributed by atoms with E-state index < -0.39 is 5.97 Å². The molecule has 1 amide bonds. The van der Waals surface area contributed by atoms with Crippen LogP contribution in [-0.2, 0) is 22.7 Å². The Bertz CT molecular complexity index is 1410. The number of amides is 1. The van der Waals surface area contributed by atoms with Crippen LogP contribution in [0, 0.1) is 16.0 Å². The lowest BCUT2D eigenvalue weighted by Crippen LogP contribution is -2.24. The summed E-state index contributed by atoms with van der Waals surface area (Å²) in [5.41, 5.74) is 4.46. The average molecular weight is 488 g/mol. The molecular formula is C26H25N5O3S. The van der Waals surface area contributed by atoms with E-state index in [1.165, 1.54) is 6.33 Å². The molecule has 3 N–H and O–H groups in total. The molecule has 2 aromatic heterocycles. The Morgan fingerprint density at radius 3 is 2.37 bits per heavy atom. The van der Waals surface area contributed by atoms with Crippen molar-refractivity contribution >= 4 is 35.1 Å². The molecule has 0 spiro atoms. The molecule has 4 rings (SSSR count). The summed E-state index contributed by atoms with van der Waals surface area (Å²) in [6.07, 6.45) is 1.97. The minimum Gasteiger partial charge on any atom is -0.481 e. The maximum atomic E-state index is 12.5. The molecule has 0 unspecified atom stereocenters. The van der Waals surface area contributed by atoms with E-state index in [1.54, 1.807) is 6.92 Å². The third-order valence-electron chi connectivity index (χ3n) is 5.21. The van der Waals surface area contributed by atoms with Crippen LogP contribution in [0.15, 0.2) is 67.0 Å². The van der Waals surface area contributed by atoms with Gasteiger partial charge in [0, 0.05) is 25.9 Å². The topological polar surface area (TPSA) is 124 Å². The molecule has 0 aliphatic heterocycles. The lowest BCUT2D eigenvalue weighted by Gasteiger charge is -2.11.